The van der Waals surface area contributed by atoms with E-state index in [9.17, 15) is 9.59 Å². The van der Waals surface area contributed by atoms with Gasteiger partial charge in [-0.25, -0.2) is 0 Å². The zero-order valence-corrected chi connectivity index (χ0v) is 16.8. The van der Waals surface area contributed by atoms with Crippen LogP contribution < -0.4 is 10.6 Å². The van der Waals surface area contributed by atoms with Gasteiger partial charge < -0.3 is 10.6 Å². The minimum Gasteiger partial charge on any atom is -0.353 e. The number of hydrogen-bond donors (Lipinski definition) is 2. The molecule has 0 aliphatic heterocycles. The molecular weight excluding hydrogens is 395 g/mol. The molecule has 6 heteroatoms. The van der Waals surface area contributed by atoms with Gasteiger partial charge in [0.1, 0.15) is 0 Å². The maximum Gasteiger partial charge on any atom is 0.243 e. The molecule has 0 atom stereocenters. The number of amides is 2. The molecule has 0 aromatic heterocycles. The van der Waals surface area contributed by atoms with Crippen LogP contribution in [0.15, 0.2) is 60.7 Å². The average Bonchev–Trinajstić information content (AvgIpc) is 2.69. The van der Waals surface area contributed by atoms with Gasteiger partial charge in [0.2, 0.25) is 11.8 Å². The number of carbonyl (C=O) groups excluding carboxylic acids is 2. The first kappa shape index (κ1) is 21.7. The topological polar surface area (TPSA) is 58.2 Å². The van der Waals surface area contributed by atoms with Crippen molar-refractivity contribution >= 4 is 47.2 Å². The molecule has 28 heavy (non-hydrogen) atoms. The third-order valence-electron chi connectivity index (χ3n) is 3.84. The van der Waals surface area contributed by atoms with Crippen LogP contribution in [0.25, 0.3) is 12.2 Å². The Hall–Kier alpha value is -2.56. The lowest BCUT2D eigenvalue weighted by Crippen LogP contribution is -2.25. The first-order valence-corrected chi connectivity index (χ1v) is 9.73. The smallest absolute Gasteiger partial charge is 0.243 e. The average molecular weight is 417 g/mol. The molecule has 2 rings (SSSR count). The van der Waals surface area contributed by atoms with Crippen LogP contribution in [0.2, 0.25) is 10.0 Å². The van der Waals surface area contributed by atoms with Gasteiger partial charge in [-0.3, -0.25) is 9.59 Å². The molecule has 0 saturated heterocycles. The number of benzene rings is 2. The van der Waals surface area contributed by atoms with Crippen LogP contribution in [0, 0.1) is 0 Å². The summed E-state index contributed by atoms with van der Waals surface area (Å²) in [5, 5.41) is 6.81. The molecule has 2 aromatic carbocycles. The van der Waals surface area contributed by atoms with Gasteiger partial charge in [0.25, 0.3) is 0 Å². The van der Waals surface area contributed by atoms with Crippen molar-refractivity contribution in [3.63, 3.8) is 0 Å². The minimum atomic E-state index is -0.174. The third kappa shape index (κ3) is 7.99. The first-order valence-electron chi connectivity index (χ1n) is 8.97. The van der Waals surface area contributed by atoms with E-state index in [0.29, 0.717) is 23.1 Å². The fraction of sp³-hybridized carbons (Fsp3) is 0.182. The third-order valence-corrected chi connectivity index (χ3v) is 4.53. The highest BCUT2D eigenvalue weighted by Crippen LogP contribution is 2.16. The Morgan fingerprint density at radius 3 is 1.50 bits per heavy atom. The number of hydrogen-bond acceptors (Lipinski definition) is 2. The van der Waals surface area contributed by atoms with E-state index in [1.807, 2.05) is 36.4 Å². The zero-order valence-electron chi connectivity index (χ0n) is 15.3. The van der Waals surface area contributed by atoms with Crippen LogP contribution in [-0.4, -0.2) is 24.9 Å². The summed E-state index contributed by atoms with van der Waals surface area (Å²) in [5.74, 6) is -0.349. The Labute approximate surface area is 175 Å². The Balaban J connectivity index is 1.59. The summed E-state index contributed by atoms with van der Waals surface area (Å²) in [6.45, 7) is 1.08. The van der Waals surface area contributed by atoms with E-state index >= 15 is 0 Å². The van der Waals surface area contributed by atoms with Crippen LogP contribution >= 0.6 is 23.2 Å². The summed E-state index contributed by atoms with van der Waals surface area (Å²) in [6.07, 6.45) is 7.82. The maximum absolute atomic E-state index is 11.8. The lowest BCUT2D eigenvalue weighted by Gasteiger charge is -2.04. The largest absolute Gasteiger partial charge is 0.353 e. The van der Waals surface area contributed by atoms with Crippen molar-refractivity contribution in [3.05, 3.63) is 81.9 Å². The number of unbranched alkanes of at least 4 members (excludes halogenated alkanes) is 1. The molecule has 146 valence electrons. The van der Waals surface area contributed by atoms with Crippen molar-refractivity contribution in [2.24, 2.45) is 0 Å². The monoisotopic (exact) mass is 416 g/mol. The predicted octanol–water partition coefficient (Wildman–Crippen LogP) is 4.73. The number of halogens is 2. The fourth-order valence-corrected chi connectivity index (χ4v) is 2.74. The Kier molecular flexibility index (Phi) is 9.32. The highest BCUT2D eigenvalue weighted by atomic mass is 35.5. The van der Waals surface area contributed by atoms with E-state index in [1.165, 1.54) is 12.2 Å². The lowest BCUT2D eigenvalue weighted by atomic mass is 10.2. The fourth-order valence-electron chi connectivity index (χ4n) is 2.34. The number of carbonyl (C=O) groups is 2. The van der Waals surface area contributed by atoms with Gasteiger partial charge in [0, 0.05) is 35.3 Å². The molecule has 0 bridgehead atoms. The molecule has 0 spiro atoms. The number of nitrogens with one attached hydrogen (secondary N) is 2. The second-order valence-corrected chi connectivity index (χ2v) is 6.81. The molecule has 0 radical (unpaired) electrons. The summed E-state index contributed by atoms with van der Waals surface area (Å²) in [4.78, 5) is 23.6. The van der Waals surface area contributed by atoms with Crippen molar-refractivity contribution < 1.29 is 9.59 Å². The Morgan fingerprint density at radius 1 is 0.714 bits per heavy atom. The second-order valence-electron chi connectivity index (χ2n) is 6.00. The molecule has 0 aliphatic rings. The summed E-state index contributed by atoms with van der Waals surface area (Å²) in [7, 11) is 0. The normalized spacial score (nSPS) is 11.1. The highest BCUT2D eigenvalue weighted by molar-refractivity contribution is 6.32. The second kappa shape index (κ2) is 12.0. The quantitative estimate of drug-likeness (QED) is 0.458. The van der Waals surface area contributed by atoms with Gasteiger partial charge in [-0.2, -0.15) is 0 Å². The number of rotatable bonds is 9. The summed E-state index contributed by atoms with van der Waals surface area (Å²) in [6, 6.07) is 14.6. The van der Waals surface area contributed by atoms with Crippen molar-refractivity contribution in [1.29, 1.82) is 0 Å². The van der Waals surface area contributed by atoms with Crippen molar-refractivity contribution in [2.45, 2.75) is 12.8 Å². The molecule has 0 unspecified atom stereocenters. The van der Waals surface area contributed by atoms with Gasteiger partial charge in [-0.1, -0.05) is 59.6 Å². The summed E-state index contributed by atoms with van der Waals surface area (Å²) >= 11 is 12.1. The zero-order chi connectivity index (χ0) is 20.2. The van der Waals surface area contributed by atoms with Crippen LogP contribution in [0.5, 0.6) is 0 Å². The predicted molar refractivity (Wildman–Crippen MR) is 116 cm³/mol. The SMILES string of the molecule is O=C(/C=C/c1ccccc1Cl)NCCCCNC(=O)/C=C/c1ccccc1Cl. The summed E-state index contributed by atoms with van der Waals surface area (Å²) in [5.41, 5.74) is 1.60. The van der Waals surface area contributed by atoms with E-state index in [4.69, 9.17) is 23.2 Å². The van der Waals surface area contributed by atoms with Gasteiger partial charge in [-0.15, -0.1) is 0 Å². The van der Waals surface area contributed by atoms with Gasteiger partial charge in [0.05, 0.1) is 0 Å². The Bertz CT molecular complexity index is 792. The molecule has 0 fully saturated rings. The lowest BCUT2D eigenvalue weighted by molar-refractivity contribution is -0.117. The summed E-state index contributed by atoms with van der Waals surface area (Å²) < 4.78 is 0. The van der Waals surface area contributed by atoms with Gasteiger partial charge in [-0.05, 0) is 48.3 Å². The van der Waals surface area contributed by atoms with E-state index in [2.05, 4.69) is 10.6 Å². The molecular formula is C22H22Cl2N2O2. The van der Waals surface area contributed by atoms with Crippen LogP contribution in [-0.2, 0) is 9.59 Å². The molecule has 0 saturated carbocycles. The van der Waals surface area contributed by atoms with Crippen LogP contribution in [0.1, 0.15) is 24.0 Å². The van der Waals surface area contributed by atoms with E-state index in [0.717, 1.165) is 24.0 Å². The van der Waals surface area contributed by atoms with E-state index < -0.39 is 0 Å². The van der Waals surface area contributed by atoms with Crippen molar-refractivity contribution in [2.75, 3.05) is 13.1 Å². The standard InChI is InChI=1S/C22H22Cl2N2O2/c23-19-9-3-1-7-17(19)11-13-21(27)25-15-5-6-16-26-22(28)14-12-18-8-2-4-10-20(18)24/h1-4,7-14H,5-6,15-16H2,(H,25,27)(H,26,28)/b13-11+,14-12+. The highest BCUT2D eigenvalue weighted by Gasteiger charge is 1.99. The minimum absolute atomic E-state index is 0.174. The molecule has 2 N–H and O–H groups in total. The molecule has 0 heterocycles. The van der Waals surface area contributed by atoms with Crippen molar-refractivity contribution in [3.8, 4) is 0 Å². The van der Waals surface area contributed by atoms with Crippen LogP contribution in [0.3, 0.4) is 0 Å². The van der Waals surface area contributed by atoms with E-state index in [1.54, 1.807) is 24.3 Å². The van der Waals surface area contributed by atoms with E-state index in [-0.39, 0.29) is 11.8 Å². The van der Waals surface area contributed by atoms with Gasteiger partial charge in [0.15, 0.2) is 0 Å². The van der Waals surface area contributed by atoms with Crippen LogP contribution in [0.4, 0.5) is 0 Å². The van der Waals surface area contributed by atoms with Gasteiger partial charge >= 0.3 is 0 Å². The molecule has 0 aliphatic carbocycles. The molecule has 2 amide bonds. The first-order chi connectivity index (χ1) is 13.6. The van der Waals surface area contributed by atoms with Crippen molar-refractivity contribution in [1.82, 2.24) is 10.6 Å². The molecule has 2 aromatic rings. The maximum atomic E-state index is 11.8. The molecule has 4 nitrogen and oxygen atoms in total. The Morgan fingerprint density at radius 2 is 1.11 bits per heavy atom.